The van der Waals surface area contributed by atoms with Crippen molar-refractivity contribution in [2.45, 2.75) is 33.6 Å². The summed E-state index contributed by atoms with van der Waals surface area (Å²) in [6.07, 6.45) is 3.40. The number of ether oxygens (including phenoxy) is 3. The molecule has 236 valence electrons. The molecule has 45 heavy (non-hydrogen) atoms. The summed E-state index contributed by atoms with van der Waals surface area (Å²) in [6, 6.07) is 17.6. The number of anilines is 4. The summed E-state index contributed by atoms with van der Waals surface area (Å²) in [7, 11) is 5.40. The molecule has 5 rings (SSSR count). The number of carbonyl (C=O) groups excluding carboxylic acids is 1. The Kier molecular flexibility index (Phi) is 10.0. The Labute approximate surface area is 265 Å². The van der Waals surface area contributed by atoms with Crippen molar-refractivity contribution in [1.82, 2.24) is 14.9 Å². The number of benzene rings is 3. The molecule has 0 saturated carbocycles. The van der Waals surface area contributed by atoms with Crippen LogP contribution in [0.1, 0.15) is 40.4 Å². The van der Waals surface area contributed by atoms with Crippen LogP contribution in [0, 0.1) is 13.8 Å². The average Bonchev–Trinajstić information content (AvgIpc) is 3.04. The zero-order valence-corrected chi connectivity index (χ0v) is 26.9. The number of nitrogens with one attached hydrogen (secondary N) is 2. The number of hydrogen-bond donors (Lipinski definition) is 2. The van der Waals surface area contributed by atoms with E-state index in [9.17, 15) is 4.79 Å². The predicted octanol–water partition coefficient (Wildman–Crippen LogP) is 6.60. The van der Waals surface area contributed by atoms with Gasteiger partial charge in [-0.15, -0.1) is 0 Å². The lowest BCUT2D eigenvalue weighted by atomic mass is 10.1. The summed E-state index contributed by atoms with van der Waals surface area (Å²) >= 11 is 0. The van der Waals surface area contributed by atoms with Gasteiger partial charge < -0.3 is 34.6 Å². The molecule has 0 unspecified atom stereocenters. The number of aryl methyl sites for hydroxylation is 3. The van der Waals surface area contributed by atoms with E-state index in [-0.39, 0.29) is 23.3 Å². The quantitative estimate of drug-likeness (QED) is 0.194. The molecule has 0 radical (unpaired) electrons. The van der Waals surface area contributed by atoms with Crippen LogP contribution in [-0.4, -0.2) is 68.2 Å². The van der Waals surface area contributed by atoms with Gasteiger partial charge in [0.25, 0.3) is 5.91 Å². The number of carbonyl (C=O) groups is 1. The molecular weight excluding hydrogens is 568 g/mol. The summed E-state index contributed by atoms with van der Waals surface area (Å²) in [4.78, 5) is 27.4. The third-order valence-electron chi connectivity index (χ3n) is 7.97. The standard InChI is InChI=1S/C35H42N6O4/c1-7-9-25-12-15-29(31(20-25)44-6)45-34-27(33(42)38-32-23(2)10-8-11-24(32)3)22-36-35(39-34)37-26-13-14-28(30(21-26)43-5)41-18-16-40(4)17-19-41/h8,10-15,20-22H,7,9,16-19H2,1-6H3,(H,38,42)(H,36,37,39). The minimum absolute atomic E-state index is 0.0961. The number of amides is 1. The number of nitrogens with zero attached hydrogens (tertiary/aromatic N) is 4. The van der Waals surface area contributed by atoms with Crippen LogP contribution in [0.5, 0.6) is 23.1 Å². The van der Waals surface area contributed by atoms with Gasteiger partial charge in [0, 0.05) is 49.8 Å². The number of likely N-dealkylation sites (N-methyl/N-ethyl adjacent to an activating group) is 1. The van der Waals surface area contributed by atoms with Crippen LogP contribution in [0.3, 0.4) is 0 Å². The van der Waals surface area contributed by atoms with Crippen molar-refractivity contribution in [3.05, 3.63) is 83.0 Å². The molecule has 2 heterocycles. The fraction of sp³-hybridized carbons (Fsp3) is 0.343. The molecule has 1 aliphatic rings. The number of piperazine rings is 1. The van der Waals surface area contributed by atoms with Crippen molar-refractivity contribution in [2.24, 2.45) is 0 Å². The van der Waals surface area contributed by atoms with Gasteiger partial charge in [0.15, 0.2) is 11.5 Å². The molecule has 10 heteroatoms. The van der Waals surface area contributed by atoms with Crippen LogP contribution < -0.4 is 29.7 Å². The highest BCUT2D eigenvalue weighted by molar-refractivity contribution is 6.06. The van der Waals surface area contributed by atoms with E-state index < -0.39 is 0 Å². The molecule has 0 atom stereocenters. The van der Waals surface area contributed by atoms with Crippen molar-refractivity contribution >= 4 is 28.9 Å². The molecule has 1 amide bonds. The minimum Gasteiger partial charge on any atom is -0.495 e. The normalized spacial score (nSPS) is 13.3. The Morgan fingerprint density at radius 2 is 1.64 bits per heavy atom. The van der Waals surface area contributed by atoms with Crippen molar-refractivity contribution < 1.29 is 19.0 Å². The molecule has 4 aromatic rings. The minimum atomic E-state index is -0.381. The van der Waals surface area contributed by atoms with Gasteiger partial charge in [0.1, 0.15) is 11.3 Å². The number of para-hydroxylation sites is 1. The zero-order valence-electron chi connectivity index (χ0n) is 26.9. The third kappa shape index (κ3) is 7.46. The van der Waals surface area contributed by atoms with Crippen molar-refractivity contribution in [1.29, 1.82) is 0 Å². The molecule has 1 aromatic heterocycles. The molecule has 1 saturated heterocycles. The SMILES string of the molecule is CCCc1ccc(Oc2nc(Nc3ccc(N4CCN(C)CC4)c(OC)c3)ncc2C(=O)Nc2c(C)cccc2C)c(OC)c1. The first kappa shape index (κ1) is 31.6. The predicted molar refractivity (Wildman–Crippen MR) is 179 cm³/mol. The van der Waals surface area contributed by atoms with Gasteiger partial charge in [0.2, 0.25) is 11.8 Å². The second-order valence-electron chi connectivity index (χ2n) is 11.3. The third-order valence-corrected chi connectivity index (χ3v) is 7.97. The van der Waals surface area contributed by atoms with E-state index in [1.165, 1.54) is 6.20 Å². The first-order valence-electron chi connectivity index (χ1n) is 15.3. The van der Waals surface area contributed by atoms with E-state index in [4.69, 9.17) is 14.2 Å². The maximum absolute atomic E-state index is 13.6. The lowest BCUT2D eigenvalue weighted by Crippen LogP contribution is -2.44. The Morgan fingerprint density at radius 3 is 2.33 bits per heavy atom. The average molecular weight is 611 g/mol. The van der Waals surface area contributed by atoms with Gasteiger partial charge in [-0.1, -0.05) is 37.6 Å². The molecule has 0 spiro atoms. The molecule has 0 bridgehead atoms. The van der Waals surface area contributed by atoms with Crippen LogP contribution in [0.4, 0.5) is 23.0 Å². The smallest absolute Gasteiger partial charge is 0.262 e. The Morgan fingerprint density at radius 1 is 0.911 bits per heavy atom. The molecule has 3 aromatic carbocycles. The summed E-state index contributed by atoms with van der Waals surface area (Å²) < 4.78 is 17.7. The maximum atomic E-state index is 13.6. The summed E-state index contributed by atoms with van der Waals surface area (Å²) in [6.45, 7) is 9.88. The summed E-state index contributed by atoms with van der Waals surface area (Å²) in [5.74, 6) is 1.74. The number of hydrogen-bond acceptors (Lipinski definition) is 9. The van der Waals surface area contributed by atoms with Crippen molar-refractivity contribution in [3.63, 3.8) is 0 Å². The second-order valence-corrected chi connectivity index (χ2v) is 11.3. The van der Waals surface area contributed by atoms with Crippen molar-refractivity contribution in [2.75, 3.05) is 63.0 Å². The summed E-state index contributed by atoms with van der Waals surface area (Å²) in [5.41, 5.74) is 5.74. The second kappa shape index (κ2) is 14.3. The van der Waals surface area contributed by atoms with Crippen molar-refractivity contribution in [3.8, 4) is 23.1 Å². The van der Waals surface area contributed by atoms with Gasteiger partial charge in [-0.3, -0.25) is 4.79 Å². The van der Waals surface area contributed by atoms with Gasteiger partial charge in [0.05, 0.1) is 19.9 Å². The molecule has 2 N–H and O–H groups in total. The largest absolute Gasteiger partial charge is 0.495 e. The molecule has 1 fully saturated rings. The van der Waals surface area contributed by atoms with Crippen LogP contribution >= 0.6 is 0 Å². The number of aromatic nitrogens is 2. The Bertz CT molecular complexity index is 1630. The maximum Gasteiger partial charge on any atom is 0.262 e. The monoisotopic (exact) mass is 610 g/mol. The highest BCUT2D eigenvalue weighted by Crippen LogP contribution is 2.36. The molecule has 0 aliphatic carbocycles. The topological polar surface area (TPSA) is 101 Å². The first-order chi connectivity index (χ1) is 21.8. The first-order valence-corrected chi connectivity index (χ1v) is 15.3. The van der Waals surface area contributed by atoms with Crippen LogP contribution in [0.2, 0.25) is 0 Å². The fourth-order valence-electron chi connectivity index (χ4n) is 5.39. The Hall–Kier alpha value is -4.83. The number of methoxy groups -OCH3 is 2. The van der Waals surface area contributed by atoms with E-state index in [0.717, 1.165) is 78.5 Å². The molecule has 10 nitrogen and oxygen atoms in total. The van der Waals surface area contributed by atoms with Crippen LogP contribution in [0.25, 0.3) is 0 Å². The molecule has 1 aliphatic heterocycles. The van der Waals surface area contributed by atoms with Crippen LogP contribution in [-0.2, 0) is 6.42 Å². The van der Waals surface area contributed by atoms with E-state index >= 15 is 0 Å². The van der Waals surface area contributed by atoms with Gasteiger partial charge in [-0.25, -0.2) is 4.98 Å². The molecular formula is C35H42N6O4. The summed E-state index contributed by atoms with van der Waals surface area (Å²) in [5, 5.41) is 6.28. The van der Waals surface area contributed by atoms with Crippen LogP contribution in [0.15, 0.2) is 60.8 Å². The van der Waals surface area contributed by atoms with Gasteiger partial charge in [-0.05, 0) is 68.3 Å². The van der Waals surface area contributed by atoms with Gasteiger partial charge in [-0.2, -0.15) is 4.98 Å². The fourth-order valence-corrected chi connectivity index (χ4v) is 5.39. The highest BCUT2D eigenvalue weighted by Gasteiger charge is 2.22. The van der Waals surface area contributed by atoms with E-state index in [2.05, 4.69) is 44.4 Å². The van der Waals surface area contributed by atoms with Gasteiger partial charge >= 0.3 is 0 Å². The lowest BCUT2D eigenvalue weighted by molar-refractivity contribution is 0.102. The highest BCUT2D eigenvalue weighted by atomic mass is 16.5. The number of rotatable bonds is 11. The lowest BCUT2D eigenvalue weighted by Gasteiger charge is -2.34. The Balaban J connectivity index is 1.46. The van der Waals surface area contributed by atoms with E-state index in [0.29, 0.717) is 11.5 Å². The zero-order chi connectivity index (χ0) is 31.9. The van der Waals surface area contributed by atoms with E-state index in [1.807, 2.05) is 68.4 Å². The van der Waals surface area contributed by atoms with E-state index in [1.54, 1.807) is 14.2 Å².